The molecule has 3 nitrogen and oxygen atoms in total. The number of nitrogens with one attached hydrogen (secondary N) is 1. The van der Waals surface area contributed by atoms with Crippen molar-refractivity contribution in [3.8, 4) is 0 Å². The maximum atomic E-state index is 13.8. The minimum atomic E-state index is -0.284. The van der Waals surface area contributed by atoms with Crippen LogP contribution in [0, 0.1) is 5.82 Å². The van der Waals surface area contributed by atoms with Crippen molar-refractivity contribution in [3.05, 3.63) is 63.9 Å². The molecule has 0 spiro atoms. The minimum Gasteiger partial charge on any atom is -0.324 e. The highest BCUT2D eigenvalue weighted by Crippen LogP contribution is 2.26. The molecule has 2 aromatic carbocycles. The Morgan fingerprint density at radius 3 is 2.61 bits per heavy atom. The largest absolute Gasteiger partial charge is 0.324 e. The Morgan fingerprint density at radius 1 is 1.26 bits per heavy atom. The van der Waals surface area contributed by atoms with Gasteiger partial charge in [0.05, 0.1) is 17.3 Å². The van der Waals surface area contributed by atoms with E-state index in [9.17, 15) is 9.18 Å². The van der Waals surface area contributed by atoms with Gasteiger partial charge >= 0.3 is 0 Å². The second-order valence-electron chi connectivity index (χ2n) is 5.28. The highest BCUT2D eigenvalue weighted by molar-refractivity contribution is 6.36. The topological polar surface area (TPSA) is 32.3 Å². The van der Waals surface area contributed by atoms with E-state index in [0.717, 1.165) is 0 Å². The zero-order valence-corrected chi connectivity index (χ0v) is 14.3. The molecule has 2 aromatic rings. The highest BCUT2D eigenvalue weighted by Gasteiger charge is 2.18. The van der Waals surface area contributed by atoms with Gasteiger partial charge in [0.1, 0.15) is 5.82 Å². The molecule has 0 radical (unpaired) electrons. The van der Waals surface area contributed by atoms with Crippen LogP contribution in [0.5, 0.6) is 0 Å². The van der Waals surface area contributed by atoms with Crippen molar-refractivity contribution in [3.63, 3.8) is 0 Å². The molecule has 2 rings (SSSR count). The number of amides is 1. The summed E-state index contributed by atoms with van der Waals surface area (Å²) >= 11 is 11.8. The van der Waals surface area contributed by atoms with Gasteiger partial charge < -0.3 is 5.32 Å². The second kappa shape index (κ2) is 7.77. The molecule has 0 saturated heterocycles. The molecule has 0 aliphatic rings. The normalized spacial score (nSPS) is 12.3. The molecule has 23 heavy (non-hydrogen) atoms. The van der Waals surface area contributed by atoms with Crippen molar-refractivity contribution in [2.24, 2.45) is 0 Å². The lowest BCUT2D eigenvalue weighted by atomic mass is 10.1. The van der Waals surface area contributed by atoms with Crippen molar-refractivity contribution in [1.82, 2.24) is 4.90 Å². The number of halogens is 3. The number of likely N-dealkylation sites (N-methyl/N-ethyl adjacent to an activating group) is 1. The fourth-order valence-electron chi connectivity index (χ4n) is 2.20. The van der Waals surface area contributed by atoms with E-state index < -0.39 is 0 Å². The van der Waals surface area contributed by atoms with Crippen LogP contribution in [0.2, 0.25) is 10.0 Å². The molecular formula is C17H17Cl2FN2O. The lowest BCUT2D eigenvalue weighted by molar-refractivity contribution is -0.117. The lowest BCUT2D eigenvalue weighted by Crippen LogP contribution is -2.32. The van der Waals surface area contributed by atoms with Gasteiger partial charge in [0.2, 0.25) is 5.91 Å². The molecule has 122 valence electrons. The van der Waals surface area contributed by atoms with E-state index >= 15 is 0 Å². The van der Waals surface area contributed by atoms with E-state index in [1.54, 1.807) is 48.3 Å². The van der Waals surface area contributed by atoms with Gasteiger partial charge in [0.15, 0.2) is 0 Å². The van der Waals surface area contributed by atoms with Gasteiger partial charge in [0, 0.05) is 16.6 Å². The van der Waals surface area contributed by atoms with Gasteiger partial charge in [-0.1, -0.05) is 41.4 Å². The monoisotopic (exact) mass is 354 g/mol. The Bertz CT molecular complexity index is 709. The van der Waals surface area contributed by atoms with Gasteiger partial charge in [-0.15, -0.1) is 0 Å². The van der Waals surface area contributed by atoms with Crippen LogP contribution in [0.3, 0.4) is 0 Å². The summed E-state index contributed by atoms with van der Waals surface area (Å²) in [4.78, 5) is 13.9. The molecule has 1 amide bonds. The summed E-state index contributed by atoms with van der Waals surface area (Å²) in [6.45, 7) is 1.95. The van der Waals surface area contributed by atoms with Crippen LogP contribution >= 0.6 is 23.2 Å². The maximum absolute atomic E-state index is 13.8. The Morgan fingerprint density at radius 2 is 1.96 bits per heavy atom. The fraction of sp³-hybridized carbons (Fsp3) is 0.235. The molecule has 0 saturated carbocycles. The third kappa shape index (κ3) is 4.67. The van der Waals surface area contributed by atoms with Crippen LogP contribution < -0.4 is 5.32 Å². The number of anilines is 1. The fourth-order valence-corrected chi connectivity index (χ4v) is 2.65. The Labute approximate surface area is 145 Å². The first-order valence-corrected chi connectivity index (χ1v) is 7.83. The number of hydrogen-bond donors (Lipinski definition) is 1. The first-order chi connectivity index (χ1) is 10.9. The minimum absolute atomic E-state index is 0.106. The van der Waals surface area contributed by atoms with Crippen LogP contribution in [-0.4, -0.2) is 24.4 Å². The van der Waals surface area contributed by atoms with Crippen molar-refractivity contribution in [1.29, 1.82) is 0 Å². The molecule has 0 bridgehead atoms. The van der Waals surface area contributed by atoms with Gasteiger partial charge in [-0.3, -0.25) is 9.69 Å². The molecule has 1 N–H and O–H groups in total. The first kappa shape index (κ1) is 17.7. The average Bonchev–Trinajstić information content (AvgIpc) is 2.50. The average molecular weight is 355 g/mol. The predicted octanol–water partition coefficient (Wildman–Crippen LogP) is 4.76. The molecule has 0 heterocycles. The number of rotatable bonds is 5. The van der Waals surface area contributed by atoms with E-state index in [2.05, 4.69) is 5.32 Å². The van der Waals surface area contributed by atoms with Crippen molar-refractivity contribution >= 4 is 34.8 Å². The van der Waals surface area contributed by atoms with Crippen LogP contribution in [0.25, 0.3) is 0 Å². The molecule has 0 aliphatic heterocycles. The highest BCUT2D eigenvalue weighted by atomic mass is 35.5. The summed E-state index contributed by atoms with van der Waals surface area (Å²) in [6.07, 6.45) is 0. The summed E-state index contributed by atoms with van der Waals surface area (Å²) in [5.74, 6) is -0.520. The van der Waals surface area contributed by atoms with E-state index in [4.69, 9.17) is 23.2 Å². The second-order valence-corrected chi connectivity index (χ2v) is 6.13. The van der Waals surface area contributed by atoms with Crippen molar-refractivity contribution < 1.29 is 9.18 Å². The van der Waals surface area contributed by atoms with Crippen LogP contribution in [0.4, 0.5) is 10.1 Å². The third-order valence-corrected chi connectivity index (χ3v) is 4.16. The molecular weight excluding hydrogens is 338 g/mol. The molecule has 6 heteroatoms. The molecule has 1 unspecified atom stereocenters. The smallest absolute Gasteiger partial charge is 0.238 e. The summed E-state index contributed by atoms with van der Waals surface area (Å²) in [5.41, 5.74) is 1.04. The zero-order chi connectivity index (χ0) is 17.0. The van der Waals surface area contributed by atoms with E-state index in [1.165, 1.54) is 6.07 Å². The van der Waals surface area contributed by atoms with Crippen molar-refractivity contribution in [2.45, 2.75) is 13.0 Å². The molecule has 1 atom stereocenters. The summed E-state index contributed by atoms with van der Waals surface area (Å²) in [6, 6.07) is 11.2. The van der Waals surface area contributed by atoms with E-state index in [-0.39, 0.29) is 24.3 Å². The standard InChI is InChI=1S/C17H17Cl2FN2O/c1-11(13-5-3-4-6-15(13)20)22(2)10-17(23)21-16-8-7-12(18)9-14(16)19/h3-9,11H,10H2,1-2H3,(H,21,23). The molecule has 0 fully saturated rings. The Hall–Kier alpha value is -1.62. The third-order valence-electron chi connectivity index (χ3n) is 3.61. The SMILES string of the molecule is CC(c1ccccc1F)N(C)CC(=O)Nc1ccc(Cl)cc1Cl. The molecule has 0 aromatic heterocycles. The van der Waals surface area contributed by atoms with Gasteiger partial charge in [-0.2, -0.15) is 0 Å². The first-order valence-electron chi connectivity index (χ1n) is 7.08. The number of carbonyl (C=O) groups is 1. The van der Waals surface area contributed by atoms with Crippen LogP contribution in [0.1, 0.15) is 18.5 Å². The van der Waals surface area contributed by atoms with Gasteiger partial charge in [-0.05, 0) is 38.2 Å². The number of nitrogens with zero attached hydrogens (tertiary/aromatic N) is 1. The number of carbonyl (C=O) groups excluding carboxylic acids is 1. The van der Waals surface area contributed by atoms with E-state index in [1.807, 2.05) is 6.92 Å². The van der Waals surface area contributed by atoms with Gasteiger partial charge in [-0.25, -0.2) is 4.39 Å². The van der Waals surface area contributed by atoms with Gasteiger partial charge in [0.25, 0.3) is 0 Å². The quantitative estimate of drug-likeness (QED) is 0.838. The Balaban J connectivity index is 2.00. The summed E-state index contributed by atoms with van der Waals surface area (Å²) in [5, 5.41) is 3.59. The summed E-state index contributed by atoms with van der Waals surface area (Å²) in [7, 11) is 1.76. The number of hydrogen-bond acceptors (Lipinski definition) is 2. The van der Waals surface area contributed by atoms with Crippen molar-refractivity contribution in [2.75, 3.05) is 18.9 Å². The Kier molecular flexibility index (Phi) is 5.99. The van der Waals surface area contributed by atoms with Crippen LogP contribution in [0.15, 0.2) is 42.5 Å². The summed E-state index contributed by atoms with van der Waals surface area (Å²) < 4.78 is 13.8. The maximum Gasteiger partial charge on any atom is 0.238 e. The zero-order valence-electron chi connectivity index (χ0n) is 12.8. The van der Waals surface area contributed by atoms with E-state index in [0.29, 0.717) is 21.3 Å². The number of benzene rings is 2. The lowest BCUT2D eigenvalue weighted by Gasteiger charge is -2.24. The van der Waals surface area contributed by atoms with Crippen LogP contribution in [-0.2, 0) is 4.79 Å². The predicted molar refractivity (Wildman–Crippen MR) is 92.5 cm³/mol. The molecule has 0 aliphatic carbocycles.